The third-order valence-corrected chi connectivity index (χ3v) is 4.29. The van der Waals surface area contributed by atoms with Crippen LogP contribution in [0.3, 0.4) is 0 Å². The smallest absolute Gasteiger partial charge is 0.330 e. The molecule has 0 fully saturated rings. The summed E-state index contributed by atoms with van der Waals surface area (Å²) in [5.74, 6) is -0.626. The molecule has 0 radical (unpaired) electrons. The van der Waals surface area contributed by atoms with Crippen LogP contribution in [0.15, 0.2) is 18.2 Å². The van der Waals surface area contributed by atoms with E-state index in [2.05, 4.69) is 5.32 Å². The van der Waals surface area contributed by atoms with E-state index in [1.807, 2.05) is 19.9 Å². The van der Waals surface area contributed by atoms with Gasteiger partial charge in [-0.3, -0.25) is 9.59 Å². The molecule has 132 valence electrons. The Morgan fingerprint density at radius 1 is 1.17 bits per heavy atom. The minimum absolute atomic E-state index is 0.00259. The largest absolute Gasteiger partial charge is 0.497 e. The predicted octanol–water partition coefficient (Wildman–Crippen LogP) is 2.51. The van der Waals surface area contributed by atoms with Crippen LogP contribution in [0.1, 0.15) is 33.3 Å². The first-order chi connectivity index (χ1) is 11.4. The van der Waals surface area contributed by atoms with Crippen LogP contribution >= 0.6 is 0 Å². The maximum atomic E-state index is 13.0. The van der Waals surface area contributed by atoms with Gasteiger partial charge in [0.25, 0.3) is 0 Å². The molecule has 0 saturated carbocycles. The van der Waals surface area contributed by atoms with Crippen molar-refractivity contribution in [3.8, 4) is 5.75 Å². The molecule has 1 N–H and O–H groups in total. The van der Waals surface area contributed by atoms with Crippen LogP contribution in [0.5, 0.6) is 5.75 Å². The Labute approximate surface area is 142 Å². The molecule has 1 aromatic carbocycles. The third-order valence-electron chi connectivity index (χ3n) is 4.29. The number of ether oxygens (including phenoxy) is 3. The van der Waals surface area contributed by atoms with Crippen LogP contribution in [-0.4, -0.2) is 38.3 Å². The maximum absolute atomic E-state index is 13.0. The normalized spacial score (nSPS) is 17.8. The van der Waals surface area contributed by atoms with Crippen LogP contribution in [0.4, 0.5) is 5.69 Å². The predicted molar refractivity (Wildman–Crippen MR) is 90.2 cm³/mol. The summed E-state index contributed by atoms with van der Waals surface area (Å²) in [5, 5.41) is 3.30. The van der Waals surface area contributed by atoms with E-state index in [9.17, 15) is 9.59 Å². The molecule has 0 amide bonds. The van der Waals surface area contributed by atoms with E-state index in [0.717, 1.165) is 5.69 Å². The van der Waals surface area contributed by atoms with Crippen LogP contribution in [0.25, 0.3) is 0 Å². The van der Waals surface area contributed by atoms with Crippen molar-refractivity contribution < 1.29 is 23.8 Å². The Hall–Kier alpha value is -2.24. The quantitative estimate of drug-likeness (QED) is 0.636. The van der Waals surface area contributed by atoms with E-state index in [-0.39, 0.29) is 19.1 Å². The lowest BCUT2D eigenvalue weighted by Crippen LogP contribution is -2.55. The fourth-order valence-electron chi connectivity index (χ4n) is 3.26. The van der Waals surface area contributed by atoms with E-state index in [4.69, 9.17) is 14.2 Å². The zero-order valence-corrected chi connectivity index (χ0v) is 14.8. The lowest BCUT2D eigenvalue weighted by molar-refractivity contribution is -0.166. The van der Waals surface area contributed by atoms with E-state index in [1.165, 1.54) is 0 Å². The summed E-state index contributed by atoms with van der Waals surface area (Å²) in [6, 6.07) is 4.84. The van der Waals surface area contributed by atoms with Gasteiger partial charge < -0.3 is 19.5 Å². The van der Waals surface area contributed by atoms with Gasteiger partial charge in [0, 0.05) is 11.3 Å². The summed E-state index contributed by atoms with van der Waals surface area (Å²) < 4.78 is 15.8. The standard InChI is InChI=1S/C18H25NO5/c1-6-23-16(20)18(17(21)24-7-2)13-10-12(22-5)8-9-14(13)19-15(18)11(3)4/h8-11,15,19H,6-7H2,1-5H3. The number of rotatable bonds is 6. The first kappa shape index (κ1) is 18.1. The van der Waals surface area contributed by atoms with Crippen molar-refractivity contribution in [3.63, 3.8) is 0 Å². The number of carbonyl (C=O) groups excluding carboxylic acids is 2. The van der Waals surface area contributed by atoms with Gasteiger partial charge in [0.2, 0.25) is 5.41 Å². The van der Waals surface area contributed by atoms with Crippen LogP contribution in [0.2, 0.25) is 0 Å². The minimum atomic E-state index is -1.54. The lowest BCUT2D eigenvalue weighted by Gasteiger charge is -2.33. The molecule has 1 aromatic rings. The van der Waals surface area contributed by atoms with Gasteiger partial charge in [0.15, 0.2) is 0 Å². The summed E-state index contributed by atoms with van der Waals surface area (Å²) in [5.41, 5.74) is -0.280. The summed E-state index contributed by atoms with van der Waals surface area (Å²) in [4.78, 5) is 25.9. The molecule has 1 atom stereocenters. The van der Waals surface area contributed by atoms with Gasteiger partial charge in [-0.25, -0.2) is 0 Å². The number of hydrogen-bond acceptors (Lipinski definition) is 6. The number of esters is 2. The highest BCUT2D eigenvalue weighted by atomic mass is 16.6. The van der Waals surface area contributed by atoms with Crippen molar-refractivity contribution >= 4 is 17.6 Å². The number of fused-ring (bicyclic) bond motifs is 1. The number of nitrogens with one attached hydrogen (secondary N) is 1. The highest BCUT2D eigenvalue weighted by molar-refractivity contribution is 6.10. The maximum Gasteiger partial charge on any atom is 0.330 e. The fourth-order valence-corrected chi connectivity index (χ4v) is 3.26. The van der Waals surface area contributed by atoms with Crippen molar-refractivity contribution in [2.75, 3.05) is 25.6 Å². The third kappa shape index (κ3) is 2.70. The number of hydrogen-bond donors (Lipinski definition) is 1. The van der Waals surface area contributed by atoms with Crippen LogP contribution in [-0.2, 0) is 24.5 Å². The summed E-state index contributed by atoms with van der Waals surface area (Å²) in [6.07, 6.45) is 0. The van der Waals surface area contributed by atoms with E-state index >= 15 is 0 Å². The Balaban J connectivity index is 2.71. The molecule has 1 aliphatic rings. The zero-order valence-electron chi connectivity index (χ0n) is 14.8. The molecular weight excluding hydrogens is 310 g/mol. The van der Waals surface area contributed by atoms with E-state index < -0.39 is 23.4 Å². The molecule has 1 unspecified atom stereocenters. The molecule has 1 aliphatic heterocycles. The van der Waals surface area contributed by atoms with Gasteiger partial charge >= 0.3 is 11.9 Å². The monoisotopic (exact) mass is 335 g/mol. The molecule has 6 heteroatoms. The molecule has 2 rings (SSSR count). The molecule has 0 aliphatic carbocycles. The van der Waals surface area contributed by atoms with E-state index in [1.54, 1.807) is 33.1 Å². The van der Waals surface area contributed by atoms with Gasteiger partial charge in [-0.2, -0.15) is 0 Å². The molecule has 0 bridgehead atoms. The molecule has 0 saturated heterocycles. The molecule has 0 spiro atoms. The Kier molecular flexibility index (Phi) is 5.36. The first-order valence-electron chi connectivity index (χ1n) is 8.22. The van der Waals surface area contributed by atoms with Crippen molar-refractivity contribution in [2.24, 2.45) is 5.92 Å². The van der Waals surface area contributed by atoms with Crippen molar-refractivity contribution in [1.29, 1.82) is 0 Å². The molecule has 0 aromatic heterocycles. The SMILES string of the molecule is CCOC(=O)C1(C(=O)OCC)c2cc(OC)ccc2NC1C(C)C. The Morgan fingerprint density at radius 3 is 2.21 bits per heavy atom. The number of methoxy groups -OCH3 is 1. The van der Waals surface area contributed by atoms with Crippen molar-refractivity contribution in [3.05, 3.63) is 23.8 Å². The average Bonchev–Trinajstić information content (AvgIpc) is 2.90. The van der Waals surface area contributed by atoms with Gasteiger partial charge in [0.1, 0.15) is 5.75 Å². The minimum Gasteiger partial charge on any atom is -0.497 e. The molecule has 24 heavy (non-hydrogen) atoms. The molecule has 6 nitrogen and oxygen atoms in total. The first-order valence-corrected chi connectivity index (χ1v) is 8.22. The summed E-state index contributed by atoms with van der Waals surface area (Å²) >= 11 is 0. The van der Waals surface area contributed by atoms with Crippen LogP contribution < -0.4 is 10.1 Å². The van der Waals surface area contributed by atoms with Gasteiger partial charge in [-0.15, -0.1) is 0 Å². The highest BCUT2D eigenvalue weighted by Crippen LogP contribution is 2.47. The van der Waals surface area contributed by atoms with Crippen molar-refractivity contribution in [1.82, 2.24) is 0 Å². The summed E-state index contributed by atoms with van der Waals surface area (Å²) in [7, 11) is 1.54. The number of benzene rings is 1. The van der Waals surface area contributed by atoms with Gasteiger partial charge in [-0.05, 0) is 38.0 Å². The van der Waals surface area contributed by atoms with Gasteiger partial charge in [-0.1, -0.05) is 13.8 Å². The molecular formula is C18H25NO5. The van der Waals surface area contributed by atoms with Gasteiger partial charge in [0.05, 0.1) is 26.4 Å². The fraction of sp³-hybridized carbons (Fsp3) is 0.556. The number of anilines is 1. The highest BCUT2D eigenvalue weighted by Gasteiger charge is 2.62. The van der Waals surface area contributed by atoms with Crippen molar-refractivity contribution in [2.45, 2.75) is 39.2 Å². The van der Waals surface area contributed by atoms with E-state index in [0.29, 0.717) is 11.3 Å². The second-order valence-corrected chi connectivity index (χ2v) is 6.03. The topological polar surface area (TPSA) is 73.9 Å². The lowest BCUT2D eigenvalue weighted by atomic mass is 9.72. The second-order valence-electron chi connectivity index (χ2n) is 6.03. The number of carbonyl (C=O) groups is 2. The Bertz CT molecular complexity index is 608. The molecule has 1 heterocycles. The zero-order chi connectivity index (χ0) is 17.9. The Morgan fingerprint density at radius 2 is 1.75 bits per heavy atom. The summed E-state index contributed by atoms with van der Waals surface area (Å²) in [6.45, 7) is 7.71. The van der Waals surface area contributed by atoms with Crippen LogP contribution in [0, 0.1) is 5.92 Å². The average molecular weight is 335 g/mol. The second kappa shape index (κ2) is 7.11.